The minimum atomic E-state index is -5.19. The molecule has 0 aromatic carbocycles. The molecule has 5 aliphatic rings. The molecule has 1 amide bonds. The number of hydrogen-bond acceptors (Lipinski definition) is 25. The van der Waals surface area contributed by atoms with Gasteiger partial charge in [0.05, 0.1) is 44.2 Å². The third-order valence-corrected chi connectivity index (χ3v) is 12.7. The van der Waals surface area contributed by atoms with E-state index in [0.717, 1.165) is 6.92 Å². The number of carbonyl (C=O) groups excluding carboxylic acids is 2. The number of hydrogen-bond donors (Lipinski definition) is 13. The van der Waals surface area contributed by atoms with Gasteiger partial charge in [0.2, 0.25) is 5.91 Å². The molecule has 0 spiro atoms. The Morgan fingerprint density at radius 1 is 0.625 bits per heavy atom. The number of rotatable bonds is 18. The van der Waals surface area contributed by atoms with Gasteiger partial charge in [-0.2, -0.15) is 0 Å². The van der Waals surface area contributed by atoms with Crippen molar-refractivity contribution in [3.8, 4) is 0 Å². The molecule has 0 saturated carbocycles. The van der Waals surface area contributed by atoms with Crippen LogP contribution in [0.2, 0.25) is 0 Å². The molecule has 13 N–H and O–H groups in total. The number of amides is 1. The van der Waals surface area contributed by atoms with Crippen molar-refractivity contribution < 1.29 is 127 Å². The van der Waals surface area contributed by atoms with Gasteiger partial charge in [-0.25, -0.2) is 4.57 Å². The van der Waals surface area contributed by atoms with E-state index in [0.29, 0.717) is 0 Å². The van der Waals surface area contributed by atoms with Gasteiger partial charge in [0.1, 0.15) is 98.3 Å². The normalized spacial score (nSPS) is 47.6. The summed E-state index contributed by atoms with van der Waals surface area (Å²) in [5.41, 5.74) is 0. The van der Waals surface area contributed by atoms with Crippen molar-refractivity contribution in [3.63, 3.8) is 0 Å². The van der Waals surface area contributed by atoms with Gasteiger partial charge in [-0.15, -0.1) is 0 Å². The van der Waals surface area contributed by atoms with Gasteiger partial charge in [0.15, 0.2) is 31.5 Å². The third-order valence-electron chi connectivity index (χ3n) is 11.7. The molecule has 5 rings (SSSR count). The highest BCUT2D eigenvalue weighted by molar-refractivity contribution is 7.47. The third kappa shape index (κ3) is 11.8. The van der Waals surface area contributed by atoms with E-state index < -0.39 is 187 Å². The molecule has 0 radical (unpaired) electrons. The van der Waals surface area contributed by atoms with Crippen LogP contribution in [0.1, 0.15) is 34.6 Å². The fourth-order valence-corrected chi connectivity index (χ4v) is 9.32. The first kappa shape index (κ1) is 53.4. The van der Waals surface area contributed by atoms with E-state index in [4.69, 9.17) is 47.2 Å². The summed E-state index contributed by atoms with van der Waals surface area (Å²) in [4.78, 5) is 34.2. The van der Waals surface area contributed by atoms with Crippen LogP contribution in [0.25, 0.3) is 0 Å². The van der Waals surface area contributed by atoms with Crippen LogP contribution in [0, 0.1) is 11.8 Å². The van der Waals surface area contributed by atoms with Gasteiger partial charge in [0.25, 0.3) is 0 Å². The highest BCUT2D eigenvalue weighted by atomic mass is 31.2. The van der Waals surface area contributed by atoms with Gasteiger partial charge in [-0.05, 0) is 19.8 Å². The first-order valence-corrected chi connectivity index (χ1v) is 22.1. The molecule has 0 aromatic rings. The smallest absolute Gasteiger partial charge is 0.394 e. The number of phosphoric ester groups is 1. The fraction of sp³-hybridized carbons (Fsp3) is 0.944. The van der Waals surface area contributed by atoms with Crippen molar-refractivity contribution in [2.24, 2.45) is 11.8 Å². The lowest BCUT2D eigenvalue weighted by Gasteiger charge is -2.52. The summed E-state index contributed by atoms with van der Waals surface area (Å²) < 4.78 is 75.5. The van der Waals surface area contributed by atoms with E-state index in [1.165, 1.54) is 13.8 Å². The number of aldehydes is 1. The summed E-state index contributed by atoms with van der Waals surface area (Å²) in [6.07, 6.45) is -37.3. The van der Waals surface area contributed by atoms with E-state index >= 15 is 0 Å². The average molecular weight is 956 g/mol. The lowest BCUT2D eigenvalue weighted by molar-refractivity contribution is -0.385. The summed E-state index contributed by atoms with van der Waals surface area (Å²) in [7, 11) is -5.19. The van der Waals surface area contributed by atoms with Crippen molar-refractivity contribution in [1.82, 2.24) is 5.32 Å². The van der Waals surface area contributed by atoms with Crippen molar-refractivity contribution in [2.45, 2.75) is 176 Å². The van der Waals surface area contributed by atoms with Crippen molar-refractivity contribution in [2.75, 3.05) is 26.4 Å². The number of phosphoric acid groups is 1. The molecule has 27 nitrogen and oxygen atoms in total. The van der Waals surface area contributed by atoms with Gasteiger partial charge >= 0.3 is 7.82 Å². The fourth-order valence-electron chi connectivity index (χ4n) is 8.46. The second-order valence-electron chi connectivity index (χ2n) is 16.5. The summed E-state index contributed by atoms with van der Waals surface area (Å²) in [6.45, 7) is 3.89. The Hall–Kier alpha value is -1.55. The molecule has 5 aliphatic heterocycles. The predicted molar refractivity (Wildman–Crippen MR) is 202 cm³/mol. The van der Waals surface area contributed by atoms with Crippen molar-refractivity contribution in [1.29, 1.82) is 0 Å². The lowest BCUT2D eigenvalue weighted by atomic mass is 9.81. The average Bonchev–Trinajstić information content (AvgIpc) is 3.51. The largest absolute Gasteiger partial charge is 0.473 e. The molecule has 0 aliphatic carbocycles. The lowest BCUT2D eigenvalue weighted by Crippen LogP contribution is -2.71. The molecule has 28 heteroatoms. The van der Waals surface area contributed by atoms with E-state index in [2.05, 4.69) is 9.84 Å². The summed E-state index contributed by atoms with van der Waals surface area (Å²) in [5, 5.41) is 120. The molecule has 64 heavy (non-hydrogen) atoms. The zero-order valence-electron chi connectivity index (χ0n) is 35.4. The molecule has 25 unspecified atom stereocenters. The number of carbonyl (C=O) groups is 2. The highest BCUT2D eigenvalue weighted by Gasteiger charge is 2.58. The highest BCUT2D eigenvalue weighted by Crippen LogP contribution is 2.47. The topological polar surface area (TPSA) is 408 Å². The van der Waals surface area contributed by atoms with Crippen LogP contribution in [0.4, 0.5) is 0 Å². The molecule has 5 heterocycles. The Balaban J connectivity index is 1.51. The molecule has 0 aromatic heterocycles. The second kappa shape index (κ2) is 22.7. The van der Waals surface area contributed by atoms with Gasteiger partial charge in [-0.1, -0.05) is 13.8 Å². The van der Waals surface area contributed by atoms with E-state index in [1.54, 1.807) is 13.8 Å². The molecule has 25 atom stereocenters. The predicted octanol–water partition coefficient (Wildman–Crippen LogP) is -6.84. The number of nitrogens with one attached hydrogen (secondary N) is 1. The van der Waals surface area contributed by atoms with Crippen LogP contribution >= 0.6 is 7.82 Å². The minimum Gasteiger partial charge on any atom is -0.394 e. The molecule has 5 saturated heterocycles. The molecule has 372 valence electrons. The minimum absolute atomic E-state index is 0.136. The number of aliphatic hydroxyl groups excluding tert-OH is 11. The van der Waals surface area contributed by atoms with Gasteiger partial charge in [0, 0.05) is 12.8 Å². The van der Waals surface area contributed by atoms with Gasteiger partial charge in [-0.3, -0.25) is 13.8 Å². The molecule has 5 fully saturated rings. The molecule has 0 bridgehead atoms. The van der Waals surface area contributed by atoms with Crippen LogP contribution in [0.3, 0.4) is 0 Å². The SMILES string of the molecule is CC(=O)NC1C(OC2C(C)OC(O)C(O)C2OP(=O)(O)OCC=O)OC(CO)C(OC2OC(CO)C(C(C)C)C(O)C2O)C1OC1OC(C)C(OC2OC(CO)C(O)C2O)C(O)C1O. The summed E-state index contributed by atoms with van der Waals surface area (Å²) in [5.74, 6) is -1.94. The first-order valence-electron chi connectivity index (χ1n) is 20.6. The zero-order valence-corrected chi connectivity index (χ0v) is 36.3. The van der Waals surface area contributed by atoms with Gasteiger partial charge < -0.3 is 114 Å². The van der Waals surface area contributed by atoms with E-state index in [-0.39, 0.29) is 12.2 Å². The monoisotopic (exact) mass is 955 g/mol. The maximum atomic E-state index is 13.0. The maximum absolute atomic E-state index is 13.0. The van der Waals surface area contributed by atoms with Crippen molar-refractivity contribution in [3.05, 3.63) is 0 Å². The quantitative estimate of drug-likeness (QED) is 0.0448. The van der Waals surface area contributed by atoms with E-state index in [1.807, 2.05) is 0 Å². The first-order chi connectivity index (χ1) is 30.1. The Morgan fingerprint density at radius 2 is 1.12 bits per heavy atom. The molecular weight excluding hydrogens is 893 g/mol. The number of aliphatic hydroxyl groups is 11. The zero-order chi connectivity index (χ0) is 47.5. The Kier molecular flexibility index (Phi) is 18.9. The molecular formula is C36H62NO26P. The Labute approximate surface area is 366 Å². The maximum Gasteiger partial charge on any atom is 0.473 e. The van der Waals surface area contributed by atoms with E-state index in [9.17, 15) is 75.2 Å². The number of ether oxygens (including phenoxy) is 9. The van der Waals surface area contributed by atoms with Crippen LogP contribution in [-0.4, -0.2) is 241 Å². The van der Waals surface area contributed by atoms with Crippen LogP contribution in [0.15, 0.2) is 0 Å². The second-order valence-corrected chi connectivity index (χ2v) is 17.9. The van der Waals surface area contributed by atoms with Crippen LogP contribution in [0.5, 0.6) is 0 Å². The summed E-state index contributed by atoms with van der Waals surface area (Å²) in [6, 6.07) is -1.71. The van der Waals surface area contributed by atoms with Crippen LogP contribution < -0.4 is 5.32 Å². The Bertz CT molecular complexity index is 1550. The van der Waals surface area contributed by atoms with Crippen LogP contribution in [-0.2, 0) is 65.8 Å². The van der Waals surface area contributed by atoms with Crippen molar-refractivity contribution >= 4 is 20.0 Å². The Morgan fingerprint density at radius 3 is 1.69 bits per heavy atom. The summed E-state index contributed by atoms with van der Waals surface area (Å²) >= 11 is 0. The standard InChI is InChI=1S/C36H62NO26P/c1-11(2)18-15(8-39)56-36(24(47)21(18)44)61-29-17(10-41)58-33(60-28-13(4)54-32(50)26(49)31(28)63-64(51,52)53-7-6-38)19(37-14(5)42)30(29)62-34-25(48)22(45)27(12(3)55-34)59-35-23(46)20(43)16(9-40)57-35/h6,11-13,15-36,39-41,43-50H,7-10H2,1-5H3,(H,37,42)(H,51,52).